The van der Waals surface area contributed by atoms with Gasteiger partial charge in [-0.15, -0.1) is 0 Å². The van der Waals surface area contributed by atoms with E-state index in [1.54, 1.807) is 0 Å². The van der Waals surface area contributed by atoms with E-state index in [1.807, 2.05) is 0 Å². The Balaban J connectivity index is 2.32. The van der Waals surface area contributed by atoms with Crippen molar-refractivity contribution in [2.24, 2.45) is 0 Å². The van der Waals surface area contributed by atoms with E-state index in [0.717, 1.165) is 17.7 Å². The molecule has 1 aliphatic carbocycles. The number of amides is 1. The monoisotopic (exact) mass is 275 g/mol. The minimum absolute atomic E-state index is 0.0703. The molecular weight excluding hydrogens is 263 g/mol. The fourth-order valence-electron chi connectivity index (χ4n) is 1.35. The molecule has 104 valence electrons. The van der Waals surface area contributed by atoms with E-state index < -0.39 is 18.0 Å². The van der Waals surface area contributed by atoms with Gasteiger partial charge in [0.2, 0.25) is 5.88 Å². The summed E-state index contributed by atoms with van der Waals surface area (Å²) in [7, 11) is 2.85. The largest absolute Gasteiger partial charge is 0.433 e. The smallest absolute Gasteiger partial charge is 0.391 e. The first-order chi connectivity index (χ1) is 8.77. The number of aromatic nitrogens is 2. The fraction of sp³-hybridized carbons (Fsp3) is 0.545. The van der Waals surface area contributed by atoms with Crippen molar-refractivity contribution < 1.29 is 22.7 Å². The maximum atomic E-state index is 12.7. The lowest BCUT2D eigenvalue weighted by Crippen LogP contribution is -2.26. The molecule has 1 aromatic rings. The van der Waals surface area contributed by atoms with Crippen LogP contribution >= 0.6 is 0 Å². The van der Waals surface area contributed by atoms with Gasteiger partial charge in [-0.25, -0.2) is 9.78 Å². The number of carbonyl (C=O) groups is 1. The van der Waals surface area contributed by atoms with Gasteiger partial charge in [0, 0.05) is 26.1 Å². The number of carbonyl (C=O) groups excluding carboxylic acids is 1. The van der Waals surface area contributed by atoms with Gasteiger partial charge >= 0.3 is 12.3 Å². The van der Waals surface area contributed by atoms with Crippen molar-refractivity contribution in [1.29, 1.82) is 0 Å². The third kappa shape index (κ3) is 3.33. The Labute approximate surface area is 107 Å². The molecule has 0 aromatic carbocycles. The molecule has 1 fully saturated rings. The van der Waals surface area contributed by atoms with Crippen molar-refractivity contribution in [2.45, 2.75) is 24.9 Å². The molecule has 0 bridgehead atoms. The molecule has 19 heavy (non-hydrogen) atoms. The van der Waals surface area contributed by atoms with Crippen LogP contribution in [0.1, 0.15) is 30.3 Å². The molecule has 0 radical (unpaired) electrons. The molecule has 5 nitrogen and oxygen atoms in total. The fourth-order valence-corrected chi connectivity index (χ4v) is 1.35. The molecule has 0 atom stereocenters. The first kappa shape index (κ1) is 13.6. The molecule has 1 amide bonds. The number of hydrogen-bond donors (Lipinski definition) is 0. The lowest BCUT2D eigenvalue weighted by atomic mass is 10.3. The quantitative estimate of drug-likeness (QED) is 0.831. The van der Waals surface area contributed by atoms with Gasteiger partial charge in [-0.05, 0) is 12.8 Å². The molecule has 0 N–H and O–H groups in total. The van der Waals surface area contributed by atoms with Crippen LogP contribution in [0, 0.1) is 0 Å². The second-order valence-electron chi connectivity index (χ2n) is 4.48. The molecule has 1 saturated carbocycles. The van der Waals surface area contributed by atoms with E-state index in [4.69, 9.17) is 4.74 Å². The highest BCUT2D eigenvalue weighted by atomic mass is 19.4. The van der Waals surface area contributed by atoms with Crippen LogP contribution in [0.5, 0.6) is 5.88 Å². The number of hydrogen-bond acceptors (Lipinski definition) is 4. The Kier molecular flexibility index (Phi) is 3.34. The zero-order valence-electron chi connectivity index (χ0n) is 10.4. The molecule has 1 aromatic heterocycles. The van der Waals surface area contributed by atoms with Crippen LogP contribution in [-0.4, -0.2) is 35.1 Å². The van der Waals surface area contributed by atoms with Crippen molar-refractivity contribution in [3.05, 3.63) is 17.6 Å². The predicted octanol–water partition coefficient (Wildman–Crippen LogP) is 2.43. The lowest BCUT2D eigenvalue weighted by Gasteiger charge is -2.12. The molecule has 0 spiro atoms. The summed E-state index contributed by atoms with van der Waals surface area (Å²) in [5.74, 6) is -0.363. The summed E-state index contributed by atoms with van der Waals surface area (Å²) in [6.45, 7) is 0. The van der Waals surface area contributed by atoms with Crippen LogP contribution in [0.3, 0.4) is 0 Å². The number of rotatable bonds is 2. The SMILES string of the molecule is CN(C)C(=O)Oc1cc(C(F)(F)F)nc(C2CC2)n1. The molecule has 0 saturated heterocycles. The van der Waals surface area contributed by atoms with Crippen molar-refractivity contribution in [2.75, 3.05) is 14.1 Å². The van der Waals surface area contributed by atoms with E-state index in [-0.39, 0.29) is 17.6 Å². The van der Waals surface area contributed by atoms with Gasteiger partial charge in [0.25, 0.3) is 0 Å². The normalized spacial score (nSPS) is 15.2. The first-order valence-corrected chi connectivity index (χ1v) is 5.62. The van der Waals surface area contributed by atoms with Gasteiger partial charge in [-0.2, -0.15) is 18.2 Å². The van der Waals surface area contributed by atoms with E-state index in [1.165, 1.54) is 14.1 Å². The summed E-state index contributed by atoms with van der Waals surface area (Å²) >= 11 is 0. The van der Waals surface area contributed by atoms with Crippen LogP contribution in [0.4, 0.5) is 18.0 Å². The Hall–Kier alpha value is -1.86. The summed E-state index contributed by atoms with van der Waals surface area (Å²) in [4.78, 5) is 19.8. The lowest BCUT2D eigenvalue weighted by molar-refractivity contribution is -0.141. The van der Waals surface area contributed by atoms with Gasteiger partial charge < -0.3 is 9.64 Å². The third-order valence-electron chi connectivity index (χ3n) is 2.51. The van der Waals surface area contributed by atoms with Crippen molar-refractivity contribution in [3.8, 4) is 5.88 Å². The topological polar surface area (TPSA) is 55.3 Å². The third-order valence-corrected chi connectivity index (χ3v) is 2.51. The summed E-state index contributed by atoms with van der Waals surface area (Å²) in [6.07, 6.45) is -3.87. The summed E-state index contributed by atoms with van der Waals surface area (Å²) in [6, 6.07) is 0.632. The zero-order valence-corrected chi connectivity index (χ0v) is 10.4. The summed E-state index contributed by atoms with van der Waals surface area (Å²) < 4.78 is 42.8. The number of ether oxygens (including phenoxy) is 1. The number of halogens is 3. The van der Waals surface area contributed by atoms with Crippen LogP contribution in [0.2, 0.25) is 0 Å². The molecule has 1 heterocycles. The highest BCUT2D eigenvalue weighted by molar-refractivity contribution is 5.69. The van der Waals surface area contributed by atoms with Crippen LogP contribution in [0.15, 0.2) is 6.07 Å². The summed E-state index contributed by atoms with van der Waals surface area (Å²) in [5, 5.41) is 0. The second kappa shape index (κ2) is 4.67. The zero-order chi connectivity index (χ0) is 14.2. The van der Waals surface area contributed by atoms with Crippen molar-refractivity contribution in [1.82, 2.24) is 14.9 Å². The second-order valence-corrected chi connectivity index (χ2v) is 4.48. The van der Waals surface area contributed by atoms with Crippen molar-refractivity contribution in [3.63, 3.8) is 0 Å². The molecule has 8 heteroatoms. The summed E-state index contributed by atoms with van der Waals surface area (Å²) in [5.41, 5.74) is -1.09. The highest BCUT2D eigenvalue weighted by Gasteiger charge is 2.36. The van der Waals surface area contributed by atoms with Crippen molar-refractivity contribution >= 4 is 6.09 Å². The maximum Gasteiger partial charge on any atom is 0.433 e. The predicted molar refractivity (Wildman–Crippen MR) is 58.7 cm³/mol. The first-order valence-electron chi connectivity index (χ1n) is 5.62. The van der Waals surface area contributed by atoms with E-state index in [0.29, 0.717) is 6.07 Å². The standard InChI is InChI=1S/C11H12F3N3O2/c1-17(2)10(18)19-8-5-7(11(12,13)14)15-9(16-8)6-3-4-6/h5-6H,3-4H2,1-2H3. The van der Waals surface area contributed by atoms with Gasteiger partial charge in [-0.1, -0.05) is 0 Å². The van der Waals surface area contributed by atoms with E-state index in [9.17, 15) is 18.0 Å². The highest BCUT2D eigenvalue weighted by Crippen LogP contribution is 2.40. The average molecular weight is 275 g/mol. The molecule has 0 unspecified atom stereocenters. The molecule has 1 aliphatic rings. The Bertz CT molecular complexity index is 498. The van der Waals surface area contributed by atoms with Gasteiger partial charge in [0.15, 0.2) is 5.69 Å². The van der Waals surface area contributed by atoms with Crippen LogP contribution in [0.25, 0.3) is 0 Å². The van der Waals surface area contributed by atoms with Crippen LogP contribution < -0.4 is 4.74 Å². The van der Waals surface area contributed by atoms with Crippen LogP contribution in [-0.2, 0) is 6.18 Å². The van der Waals surface area contributed by atoms with E-state index >= 15 is 0 Å². The minimum atomic E-state index is -4.59. The minimum Gasteiger partial charge on any atom is -0.391 e. The number of alkyl halides is 3. The maximum absolute atomic E-state index is 12.7. The molecule has 0 aliphatic heterocycles. The molecule has 2 rings (SSSR count). The Morgan fingerprint density at radius 3 is 2.47 bits per heavy atom. The number of nitrogens with zero attached hydrogens (tertiary/aromatic N) is 3. The van der Waals surface area contributed by atoms with Gasteiger partial charge in [0.05, 0.1) is 0 Å². The Morgan fingerprint density at radius 2 is 2.00 bits per heavy atom. The van der Waals surface area contributed by atoms with Gasteiger partial charge in [0.1, 0.15) is 5.82 Å². The van der Waals surface area contributed by atoms with E-state index in [2.05, 4.69) is 9.97 Å². The Morgan fingerprint density at radius 1 is 1.37 bits per heavy atom. The van der Waals surface area contributed by atoms with Gasteiger partial charge in [-0.3, -0.25) is 0 Å². The average Bonchev–Trinajstić information content (AvgIpc) is 3.10. The molecular formula is C11H12F3N3O2.